The lowest BCUT2D eigenvalue weighted by Gasteiger charge is -2.16. The first-order valence-electron chi connectivity index (χ1n) is 8.58. The predicted octanol–water partition coefficient (Wildman–Crippen LogP) is 3.96. The van der Waals surface area contributed by atoms with Crippen molar-refractivity contribution in [1.82, 2.24) is 5.48 Å². The summed E-state index contributed by atoms with van der Waals surface area (Å²) in [4.78, 5) is 17.9. The molecule has 0 aromatic heterocycles. The van der Waals surface area contributed by atoms with E-state index in [2.05, 4.69) is 10.8 Å². The number of carbonyl (C=O) groups is 1. The van der Waals surface area contributed by atoms with Gasteiger partial charge in [0.2, 0.25) is 0 Å². The van der Waals surface area contributed by atoms with Gasteiger partial charge in [-0.15, -0.1) is 0 Å². The van der Waals surface area contributed by atoms with Gasteiger partial charge in [-0.3, -0.25) is 9.63 Å². The van der Waals surface area contributed by atoms with Gasteiger partial charge in [0.15, 0.2) is 22.3 Å². The van der Waals surface area contributed by atoms with Gasteiger partial charge in [0.05, 0.1) is 17.9 Å². The fourth-order valence-electron chi connectivity index (χ4n) is 2.55. The maximum Gasteiger partial charge on any atom is 0.277 e. The van der Waals surface area contributed by atoms with Crippen LogP contribution >= 0.6 is 0 Å². The number of hydrogen-bond donors (Lipinski definition) is 2. The molecule has 2 aromatic rings. The van der Waals surface area contributed by atoms with Crippen LogP contribution in [-0.2, 0) is 16.0 Å². The van der Waals surface area contributed by atoms with Crippen molar-refractivity contribution in [2.24, 2.45) is 5.92 Å². The largest absolute Gasteiger partial charge is 0.612 e. The molecule has 28 heavy (non-hydrogen) atoms. The lowest BCUT2D eigenvalue weighted by atomic mass is 10.1. The Kier molecular flexibility index (Phi) is 6.17. The van der Waals surface area contributed by atoms with Gasteiger partial charge >= 0.3 is 0 Å². The smallest absolute Gasteiger partial charge is 0.277 e. The molecule has 0 saturated heterocycles. The second-order valence-electron chi connectivity index (χ2n) is 6.65. The summed E-state index contributed by atoms with van der Waals surface area (Å²) in [7, 11) is 0. The van der Waals surface area contributed by atoms with Crippen molar-refractivity contribution in [2.75, 3.05) is 18.2 Å². The third-order valence-electron chi connectivity index (χ3n) is 4.38. The predicted molar refractivity (Wildman–Crippen MR) is 99.3 cm³/mol. The molecule has 1 aliphatic carbocycles. The number of carbonyl (C=O) groups excluding carboxylic acids is 1. The lowest BCUT2D eigenvalue weighted by Crippen LogP contribution is -2.26. The summed E-state index contributed by atoms with van der Waals surface area (Å²) in [6, 6.07) is 5.32. The van der Waals surface area contributed by atoms with Crippen molar-refractivity contribution in [3.63, 3.8) is 0 Å². The van der Waals surface area contributed by atoms with E-state index in [1.54, 1.807) is 19.1 Å². The van der Waals surface area contributed by atoms with Gasteiger partial charge in [0.1, 0.15) is 6.26 Å². The van der Waals surface area contributed by atoms with Crippen LogP contribution in [0, 0.1) is 30.3 Å². The maximum atomic E-state index is 14.4. The maximum absolute atomic E-state index is 14.4. The van der Waals surface area contributed by atoms with Gasteiger partial charge in [-0.1, -0.05) is 0 Å². The van der Waals surface area contributed by atoms with E-state index >= 15 is 0 Å². The standard InChI is InChI=1S/C19H19F3N2O3S/c1-10-7-12(28(2)26)5-6-15(10)23-18-13(8-14(20)16(21)17(18)22)19(25)24-27-9-11-3-4-11/h5-8,11,23H,3-4,9H2,1-2H3,(H,24,25). The Balaban J connectivity index is 1.90. The number of hydroxylamine groups is 1. The monoisotopic (exact) mass is 412 g/mol. The molecule has 2 N–H and O–H groups in total. The summed E-state index contributed by atoms with van der Waals surface area (Å²) in [5, 5.41) is 2.64. The Morgan fingerprint density at radius 2 is 1.96 bits per heavy atom. The molecule has 5 nitrogen and oxygen atoms in total. The molecule has 1 aliphatic rings. The van der Waals surface area contributed by atoms with Gasteiger partial charge in [-0.05, 0) is 66.7 Å². The molecule has 0 radical (unpaired) electrons. The highest BCUT2D eigenvalue weighted by molar-refractivity contribution is 7.90. The molecule has 1 fully saturated rings. The van der Waals surface area contributed by atoms with E-state index in [-0.39, 0.29) is 0 Å². The third-order valence-corrected chi connectivity index (χ3v) is 5.29. The zero-order chi connectivity index (χ0) is 20.4. The Morgan fingerprint density at radius 3 is 2.57 bits per heavy atom. The Hall–Kier alpha value is -2.23. The van der Waals surface area contributed by atoms with Gasteiger partial charge in [0, 0.05) is 5.69 Å². The molecule has 1 saturated carbocycles. The van der Waals surface area contributed by atoms with Crippen molar-refractivity contribution < 1.29 is 27.4 Å². The Bertz CT molecular complexity index is 904. The Labute approximate surface area is 163 Å². The first kappa shape index (κ1) is 20.5. The molecule has 1 unspecified atom stereocenters. The second kappa shape index (κ2) is 8.42. The zero-order valence-electron chi connectivity index (χ0n) is 15.3. The van der Waals surface area contributed by atoms with Gasteiger partial charge in [-0.25, -0.2) is 18.7 Å². The van der Waals surface area contributed by atoms with E-state index in [1.807, 2.05) is 0 Å². The molecule has 3 rings (SSSR count). The minimum absolute atomic E-state index is 0.301. The summed E-state index contributed by atoms with van der Waals surface area (Å²) in [5.41, 5.74) is 2.13. The molecular weight excluding hydrogens is 393 g/mol. The van der Waals surface area contributed by atoms with Crippen molar-refractivity contribution in [3.8, 4) is 0 Å². The summed E-state index contributed by atoms with van der Waals surface area (Å²) < 4.78 is 53.5. The van der Waals surface area contributed by atoms with Crippen molar-refractivity contribution in [2.45, 2.75) is 24.7 Å². The zero-order valence-corrected chi connectivity index (χ0v) is 16.1. The van der Waals surface area contributed by atoms with E-state index in [0.29, 0.717) is 34.7 Å². The second-order valence-corrected chi connectivity index (χ2v) is 8.03. The molecule has 9 heteroatoms. The van der Waals surface area contributed by atoms with Crippen LogP contribution in [0.1, 0.15) is 28.8 Å². The molecular formula is C19H19F3N2O3S. The summed E-state index contributed by atoms with van der Waals surface area (Å²) in [6.07, 6.45) is 3.52. The summed E-state index contributed by atoms with van der Waals surface area (Å²) in [5.74, 6) is -5.23. The highest BCUT2D eigenvalue weighted by Gasteiger charge is 2.25. The summed E-state index contributed by atoms with van der Waals surface area (Å²) >= 11 is -1.21. The number of benzene rings is 2. The van der Waals surface area contributed by atoms with E-state index in [1.165, 1.54) is 12.3 Å². The molecule has 1 amide bonds. The lowest BCUT2D eigenvalue weighted by molar-refractivity contribution is 0.0270. The number of hydrogen-bond acceptors (Lipinski definition) is 4. The van der Waals surface area contributed by atoms with E-state index in [9.17, 15) is 22.5 Å². The van der Waals surface area contributed by atoms with E-state index in [0.717, 1.165) is 12.8 Å². The quantitative estimate of drug-likeness (QED) is 0.410. The van der Waals surface area contributed by atoms with E-state index < -0.39 is 45.8 Å². The SMILES string of the molecule is Cc1cc([S+](C)[O-])ccc1Nc1c(C(=O)NOCC2CC2)cc(F)c(F)c1F. The molecule has 0 bridgehead atoms. The first-order chi connectivity index (χ1) is 13.3. The molecule has 0 spiro atoms. The topological polar surface area (TPSA) is 73.4 Å². The normalized spacial score (nSPS) is 14.6. The number of aryl methyl sites for hydroxylation is 1. The van der Waals surface area contributed by atoms with Gasteiger partial charge in [0.25, 0.3) is 5.91 Å². The number of anilines is 2. The van der Waals surface area contributed by atoms with Crippen molar-refractivity contribution >= 4 is 28.5 Å². The molecule has 1 atom stereocenters. The fourth-order valence-corrected chi connectivity index (χ4v) is 3.15. The average molecular weight is 412 g/mol. The van der Waals surface area contributed by atoms with E-state index in [4.69, 9.17) is 4.84 Å². The van der Waals surface area contributed by atoms with Gasteiger partial charge < -0.3 is 9.87 Å². The number of halogens is 3. The minimum atomic E-state index is -1.69. The molecule has 2 aromatic carbocycles. The molecule has 0 heterocycles. The number of amides is 1. The van der Waals surface area contributed by atoms with Crippen molar-refractivity contribution in [3.05, 3.63) is 52.8 Å². The highest BCUT2D eigenvalue weighted by Crippen LogP contribution is 2.31. The van der Waals surface area contributed by atoms with Crippen LogP contribution in [0.5, 0.6) is 0 Å². The van der Waals surface area contributed by atoms with Crippen LogP contribution in [-0.4, -0.2) is 23.3 Å². The highest BCUT2D eigenvalue weighted by atomic mass is 32.2. The molecule has 0 aliphatic heterocycles. The minimum Gasteiger partial charge on any atom is -0.612 e. The van der Waals surface area contributed by atoms with Crippen LogP contribution in [0.2, 0.25) is 0 Å². The Morgan fingerprint density at radius 1 is 1.25 bits per heavy atom. The number of nitrogens with one attached hydrogen (secondary N) is 2. The van der Waals surface area contributed by atoms with Gasteiger partial charge in [-0.2, -0.15) is 0 Å². The third kappa shape index (κ3) is 4.60. The van der Waals surface area contributed by atoms with Crippen molar-refractivity contribution in [1.29, 1.82) is 0 Å². The van der Waals surface area contributed by atoms with Crippen LogP contribution in [0.4, 0.5) is 24.5 Å². The van der Waals surface area contributed by atoms with Crippen LogP contribution < -0.4 is 10.8 Å². The summed E-state index contributed by atoms with van der Waals surface area (Å²) in [6.45, 7) is 1.98. The first-order valence-corrected chi connectivity index (χ1v) is 10.1. The van der Waals surface area contributed by atoms with Crippen LogP contribution in [0.25, 0.3) is 0 Å². The van der Waals surface area contributed by atoms with Crippen LogP contribution in [0.3, 0.4) is 0 Å². The average Bonchev–Trinajstić information content (AvgIpc) is 3.47. The fraction of sp³-hybridized carbons (Fsp3) is 0.316. The number of rotatable bonds is 7. The molecule has 150 valence electrons. The van der Waals surface area contributed by atoms with Crippen LogP contribution in [0.15, 0.2) is 29.2 Å².